The molecule has 30 heteroatoms. The summed E-state index contributed by atoms with van der Waals surface area (Å²) in [5.41, 5.74) is 1.69. The number of aryl methyl sites for hydroxylation is 4. The van der Waals surface area contributed by atoms with Crippen molar-refractivity contribution in [1.29, 1.82) is 0 Å². The normalized spacial score (nSPS) is 10.9. The number of carbonyl (C=O) groups is 4. The second kappa shape index (κ2) is 38.2. The molecule has 4 amide bonds. The molecule has 4 aromatic heterocycles. The van der Waals surface area contributed by atoms with E-state index in [0.29, 0.717) is 85.9 Å². The summed E-state index contributed by atoms with van der Waals surface area (Å²) in [5, 5.41) is 43.4. The minimum Gasteiger partial charge on any atom is -0.476 e. The number of alkyl halides is 3. The number of aromatic nitrogens is 8. The third kappa shape index (κ3) is 24.1. The summed E-state index contributed by atoms with van der Waals surface area (Å²) in [4.78, 5) is 60.0. The number of para-hydroxylation sites is 2. The number of halogens is 3. The number of nitrogens with two attached hydrogens (primary N) is 1. The minimum absolute atomic E-state index is 0.0202. The lowest BCUT2D eigenvalue weighted by molar-refractivity contribution is -0.384. The fraction of sp³-hybridized carbons (Fsp3) is 0.385. The van der Waals surface area contributed by atoms with Gasteiger partial charge in [-0.1, -0.05) is 85.7 Å². The van der Waals surface area contributed by atoms with Gasteiger partial charge >= 0.3 is 6.18 Å². The van der Waals surface area contributed by atoms with Gasteiger partial charge in [-0.05, 0) is 112 Å². The molecule has 4 heterocycles. The van der Waals surface area contributed by atoms with Gasteiger partial charge in [0.1, 0.15) is 22.3 Å². The van der Waals surface area contributed by atoms with Crippen molar-refractivity contribution in [3.8, 4) is 23.5 Å². The van der Waals surface area contributed by atoms with E-state index >= 15 is 0 Å². The molecule has 0 aliphatic carbocycles. The summed E-state index contributed by atoms with van der Waals surface area (Å²) in [6, 6.07) is 25.5. The van der Waals surface area contributed by atoms with Crippen molar-refractivity contribution in [2.75, 3.05) is 47.7 Å². The zero-order valence-corrected chi connectivity index (χ0v) is 55.3. The molecule has 0 saturated carbocycles. The highest BCUT2D eigenvalue weighted by molar-refractivity contribution is 7.89. The number of sulfonamides is 1. The number of rotatable bonds is 30. The van der Waals surface area contributed by atoms with Crippen LogP contribution in [0.2, 0.25) is 0 Å². The fourth-order valence-electron chi connectivity index (χ4n) is 8.37. The van der Waals surface area contributed by atoms with E-state index in [-0.39, 0.29) is 51.3 Å². The van der Waals surface area contributed by atoms with Gasteiger partial charge in [0.2, 0.25) is 33.5 Å². The number of anilines is 4. The van der Waals surface area contributed by atoms with Gasteiger partial charge in [-0.25, -0.2) is 13.6 Å². The molecule has 8 aromatic rings. The standard InChI is InChI=1S/C17H20F3N3O2.C16H22N4O4S.C16H20N4O4.C16H21N3O2/c1-3-9-23-11-12(16(22-23)25-10-4-2)15(24)21-14-8-6-5-7-13(14)17(18,19)20;1-3-9-20-11-14(16(19-20)24-10-4-2)15(21)18-12-5-7-13(8-6-12)25(17,22)23;1-3-9-19-11-14(16(18-19)24-10-4-2)15(21)17-12-5-7-13(8-6-12)20(22)23;1-3-10-19-12-14(16(18-19)21-11-4-2)15(20)17-13-8-6-5-7-9-13/h5-8,11H,3-4,9-10H2,1-2H3,(H,21,24);5-8,11H,3-4,9-10H2,1-2H3,(H,18,21)(H2,17,22,23);5-8,11H,3-4,9-10H2,1-2H3,(H,17,21);5-9,12H,3-4,10-11H2,1-2H3,(H,17,20). The number of nitrogens with zero attached hydrogens (tertiary/aromatic N) is 9. The van der Waals surface area contributed by atoms with Crippen molar-refractivity contribution in [3.63, 3.8) is 0 Å². The average molecular weight is 1340 g/mol. The topological polar surface area (TPSA) is 328 Å². The molecule has 0 aliphatic heterocycles. The maximum Gasteiger partial charge on any atom is 0.418 e. The van der Waals surface area contributed by atoms with E-state index < -0.39 is 32.6 Å². The number of non-ortho nitro benzene ring substituents is 1. The molecule has 512 valence electrons. The van der Waals surface area contributed by atoms with Gasteiger partial charge < -0.3 is 40.2 Å². The maximum atomic E-state index is 13.1. The number of primary sulfonamides is 1. The Morgan fingerprint density at radius 1 is 0.463 bits per heavy atom. The minimum atomic E-state index is -4.56. The lowest BCUT2D eigenvalue weighted by Crippen LogP contribution is -2.17. The first kappa shape index (κ1) is 75.6. The Hall–Kier alpha value is -10.1. The monoisotopic (exact) mass is 1340 g/mol. The quantitative estimate of drug-likeness (QED) is 0.0206. The van der Waals surface area contributed by atoms with Crippen LogP contribution in [0.3, 0.4) is 0 Å². The summed E-state index contributed by atoms with van der Waals surface area (Å²) in [6.45, 7) is 20.5. The largest absolute Gasteiger partial charge is 0.476 e. The molecule has 0 bridgehead atoms. The molecule has 0 spiro atoms. The first-order chi connectivity index (χ1) is 45.5. The number of carbonyl (C=O) groups excluding carboxylic acids is 4. The summed E-state index contributed by atoms with van der Waals surface area (Å²) >= 11 is 0. The smallest absolute Gasteiger partial charge is 0.418 e. The van der Waals surface area contributed by atoms with Gasteiger partial charge in [0.15, 0.2) is 0 Å². The number of benzene rings is 4. The summed E-state index contributed by atoms with van der Waals surface area (Å²) in [5.74, 6) is -0.524. The number of nitrogens with one attached hydrogen (secondary N) is 4. The summed E-state index contributed by atoms with van der Waals surface area (Å²) in [6.07, 6.45) is 8.69. The molecule has 8 rings (SSSR count). The second-order valence-corrected chi connectivity index (χ2v) is 22.5. The van der Waals surface area contributed by atoms with Crippen LogP contribution in [0.4, 0.5) is 41.6 Å². The lowest BCUT2D eigenvalue weighted by Gasteiger charge is -2.13. The van der Waals surface area contributed by atoms with Crippen molar-refractivity contribution in [1.82, 2.24) is 39.1 Å². The Bertz CT molecular complexity index is 3840. The number of hydrogen-bond acceptors (Lipinski definition) is 16. The molecule has 0 atom stereocenters. The maximum absolute atomic E-state index is 13.1. The Morgan fingerprint density at radius 3 is 1.07 bits per heavy atom. The van der Waals surface area contributed by atoms with Gasteiger partial charge in [-0.2, -0.15) is 13.2 Å². The fourth-order valence-corrected chi connectivity index (χ4v) is 8.89. The number of amides is 4. The highest BCUT2D eigenvalue weighted by Crippen LogP contribution is 2.35. The lowest BCUT2D eigenvalue weighted by atomic mass is 10.1. The summed E-state index contributed by atoms with van der Waals surface area (Å²) in [7, 11) is -3.77. The molecule has 4 aromatic carbocycles. The summed E-state index contributed by atoms with van der Waals surface area (Å²) < 4.78 is 90.5. The van der Waals surface area contributed by atoms with Crippen molar-refractivity contribution < 1.29 is 64.6 Å². The van der Waals surface area contributed by atoms with Crippen LogP contribution in [-0.4, -0.2) is 103 Å². The van der Waals surface area contributed by atoms with Crippen LogP contribution in [0.15, 0.2) is 133 Å². The van der Waals surface area contributed by atoms with Gasteiger partial charge in [0, 0.05) is 80.2 Å². The van der Waals surface area contributed by atoms with Crippen LogP contribution in [-0.2, 0) is 42.4 Å². The molecule has 0 fully saturated rings. The number of ether oxygens (including phenoxy) is 4. The first-order valence-corrected chi connectivity index (χ1v) is 32.7. The van der Waals surface area contributed by atoms with Gasteiger partial charge in [-0.15, -0.1) is 20.4 Å². The van der Waals surface area contributed by atoms with Crippen LogP contribution in [0.5, 0.6) is 23.5 Å². The zero-order valence-electron chi connectivity index (χ0n) is 54.5. The van der Waals surface area contributed by atoms with E-state index in [9.17, 15) is 50.9 Å². The molecule has 0 aliphatic rings. The SMILES string of the molecule is CCCOc1nn(CCC)cc1C(=O)Nc1ccc(S(N)(=O)=O)cc1.CCCOc1nn(CCC)cc1C(=O)Nc1ccc([N+](=O)[O-])cc1.CCCOc1nn(CCC)cc1C(=O)Nc1ccccc1.CCCOc1nn(CCC)cc1C(=O)Nc1ccccc1C(F)(F)F. The van der Waals surface area contributed by atoms with Gasteiger partial charge in [0.05, 0.1) is 47.5 Å². The average Bonchev–Trinajstić information content (AvgIpc) is 1.86. The predicted molar refractivity (Wildman–Crippen MR) is 354 cm³/mol. The van der Waals surface area contributed by atoms with E-state index in [1.54, 1.807) is 37.3 Å². The van der Waals surface area contributed by atoms with Gasteiger partial charge in [-0.3, -0.25) is 48.0 Å². The zero-order chi connectivity index (χ0) is 69.5. The van der Waals surface area contributed by atoms with Crippen LogP contribution in [0.25, 0.3) is 0 Å². The predicted octanol–water partition coefficient (Wildman–Crippen LogP) is 12.9. The van der Waals surface area contributed by atoms with Crippen LogP contribution in [0.1, 0.15) is 154 Å². The van der Waals surface area contributed by atoms with Crippen LogP contribution in [0, 0.1) is 10.1 Å². The third-order valence-corrected chi connectivity index (χ3v) is 13.7. The molecule has 6 N–H and O–H groups in total. The highest BCUT2D eigenvalue weighted by Gasteiger charge is 2.34. The van der Waals surface area contributed by atoms with E-state index in [0.717, 1.165) is 69.7 Å². The number of hydrogen-bond donors (Lipinski definition) is 5. The van der Waals surface area contributed by atoms with Crippen LogP contribution < -0.4 is 45.4 Å². The molecule has 0 radical (unpaired) electrons. The van der Waals surface area contributed by atoms with E-state index in [1.165, 1.54) is 72.9 Å². The molecule has 0 saturated heterocycles. The molecule has 95 heavy (non-hydrogen) atoms. The molecular formula is C65H83F3N14O12S. The van der Waals surface area contributed by atoms with Gasteiger partial charge in [0.25, 0.3) is 29.3 Å². The molecule has 0 unspecified atom stereocenters. The van der Waals surface area contributed by atoms with E-state index in [1.807, 2.05) is 78.8 Å². The second-order valence-electron chi connectivity index (χ2n) is 20.9. The Kier molecular flexibility index (Phi) is 30.4. The first-order valence-electron chi connectivity index (χ1n) is 31.2. The number of nitro groups is 1. The highest BCUT2D eigenvalue weighted by atomic mass is 32.2. The number of nitro benzene ring substituents is 1. The van der Waals surface area contributed by atoms with E-state index in [4.69, 9.17) is 24.1 Å². The van der Waals surface area contributed by atoms with Crippen molar-refractivity contribution >= 4 is 62.1 Å². The Balaban J connectivity index is 0.000000230. The van der Waals surface area contributed by atoms with Crippen molar-refractivity contribution in [2.24, 2.45) is 5.14 Å². The van der Waals surface area contributed by atoms with Crippen LogP contribution >= 0.6 is 0 Å². The van der Waals surface area contributed by atoms with E-state index in [2.05, 4.69) is 48.6 Å². The van der Waals surface area contributed by atoms with Crippen molar-refractivity contribution in [2.45, 2.75) is 144 Å². The Labute approximate surface area is 549 Å². The van der Waals surface area contributed by atoms with Crippen molar-refractivity contribution in [3.05, 3.63) is 166 Å². The molecular weight excluding hydrogens is 1260 g/mol. The Morgan fingerprint density at radius 2 is 0.768 bits per heavy atom. The molecule has 26 nitrogen and oxygen atoms in total. The third-order valence-electron chi connectivity index (χ3n) is 12.8.